The molecule has 1 fully saturated rings. The highest BCUT2D eigenvalue weighted by Gasteiger charge is 2.15. The molecule has 0 aliphatic carbocycles. The van der Waals surface area contributed by atoms with Crippen LogP contribution in [0.4, 0.5) is 4.39 Å². The molecule has 0 aromatic heterocycles. The molecular weight excluding hydrogens is 233 g/mol. The number of hydrogen-bond donors (Lipinski definition) is 1. The van der Waals surface area contributed by atoms with Crippen molar-refractivity contribution in [3.63, 3.8) is 0 Å². The lowest BCUT2D eigenvalue weighted by Crippen LogP contribution is -2.46. The van der Waals surface area contributed by atoms with Crippen molar-refractivity contribution in [3.8, 4) is 5.75 Å². The van der Waals surface area contributed by atoms with Crippen LogP contribution in [-0.2, 0) is 4.74 Å². The highest BCUT2D eigenvalue weighted by atomic mass is 19.1. The fourth-order valence-corrected chi connectivity index (χ4v) is 1.96. The van der Waals surface area contributed by atoms with Gasteiger partial charge in [-0.25, -0.2) is 4.39 Å². The zero-order valence-electron chi connectivity index (χ0n) is 10.7. The average molecular weight is 251 g/mol. The van der Waals surface area contributed by atoms with Gasteiger partial charge in [0.1, 0.15) is 0 Å². The van der Waals surface area contributed by atoms with Gasteiger partial charge in [0.2, 0.25) is 0 Å². The van der Waals surface area contributed by atoms with Crippen molar-refractivity contribution in [2.24, 2.45) is 0 Å². The van der Waals surface area contributed by atoms with Crippen LogP contribution in [0.1, 0.15) is 12.5 Å². The number of methoxy groups -OCH3 is 1. The van der Waals surface area contributed by atoms with Crippen LogP contribution in [0, 0.1) is 5.82 Å². The first-order valence-corrected chi connectivity index (χ1v) is 6.04. The molecule has 2 unspecified atom stereocenters. The standard InChI is InChI=1S/C14H18FNO2/c1-10-8-18-9-12(16-10)5-3-11-4-6-14(17-2)13(15)7-11/h3-7,10,12,16H,8-9H2,1-2H3/b5-3+. The Hall–Kier alpha value is -1.39. The van der Waals surface area contributed by atoms with Crippen LogP contribution in [0.5, 0.6) is 5.75 Å². The quantitative estimate of drug-likeness (QED) is 0.893. The van der Waals surface area contributed by atoms with E-state index in [2.05, 4.69) is 12.2 Å². The van der Waals surface area contributed by atoms with Crippen molar-refractivity contribution in [2.45, 2.75) is 19.0 Å². The minimum Gasteiger partial charge on any atom is -0.494 e. The summed E-state index contributed by atoms with van der Waals surface area (Å²) in [4.78, 5) is 0. The maximum Gasteiger partial charge on any atom is 0.165 e. The van der Waals surface area contributed by atoms with E-state index in [1.807, 2.05) is 18.2 Å². The maximum atomic E-state index is 13.5. The van der Waals surface area contributed by atoms with Crippen molar-refractivity contribution in [3.05, 3.63) is 35.7 Å². The first-order valence-electron chi connectivity index (χ1n) is 6.04. The van der Waals surface area contributed by atoms with Gasteiger partial charge in [-0.3, -0.25) is 0 Å². The highest BCUT2D eigenvalue weighted by molar-refractivity contribution is 5.51. The number of benzene rings is 1. The summed E-state index contributed by atoms with van der Waals surface area (Å²) in [6.07, 6.45) is 3.89. The first-order chi connectivity index (χ1) is 8.69. The van der Waals surface area contributed by atoms with Gasteiger partial charge in [-0.05, 0) is 24.6 Å². The second-order valence-corrected chi connectivity index (χ2v) is 4.46. The van der Waals surface area contributed by atoms with Crippen molar-refractivity contribution < 1.29 is 13.9 Å². The Balaban J connectivity index is 2.02. The Labute approximate surface area is 107 Å². The zero-order valence-corrected chi connectivity index (χ0v) is 10.7. The molecule has 1 N–H and O–H groups in total. The molecule has 98 valence electrons. The van der Waals surface area contributed by atoms with E-state index in [0.29, 0.717) is 12.6 Å². The van der Waals surface area contributed by atoms with E-state index in [-0.39, 0.29) is 17.6 Å². The van der Waals surface area contributed by atoms with Gasteiger partial charge in [-0.2, -0.15) is 0 Å². The molecule has 0 amide bonds. The summed E-state index contributed by atoms with van der Waals surface area (Å²) in [6, 6.07) is 5.44. The Morgan fingerprint density at radius 2 is 2.28 bits per heavy atom. The lowest BCUT2D eigenvalue weighted by Gasteiger charge is -2.26. The van der Waals surface area contributed by atoms with Crippen LogP contribution in [-0.4, -0.2) is 32.4 Å². The lowest BCUT2D eigenvalue weighted by molar-refractivity contribution is 0.0637. The molecule has 1 aliphatic heterocycles. The van der Waals surface area contributed by atoms with Gasteiger partial charge < -0.3 is 14.8 Å². The second-order valence-electron chi connectivity index (χ2n) is 4.46. The molecule has 1 saturated heterocycles. The number of morpholine rings is 1. The fraction of sp³-hybridized carbons (Fsp3) is 0.429. The van der Waals surface area contributed by atoms with E-state index in [4.69, 9.17) is 9.47 Å². The molecule has 0 radical (unpaired) electrons. The topological polar surface area (TPSA) is 30.5 Å². The van der Waals surface area contributed by atoms with E-state index in [1.165, 1.54) is 13.2 Å². The van der Waals surface area contributed by atoms with Crippen molar-refractivity contribution in [1.82, 2.24) is 5.32 Å². The van der Waals surface area contributed by atoms with Gasteiger partial charge in [-0.1, -0.05) is 18.2 Å². The molecule has 1 aliphatic rings. The van der Waals surface area contributed by atoms with E-state index in [9.17, 15) is 4.39 Å². The lowest BCUT2D eigenvalue weighted by atomic mass is 10.1. The molecule has 4 heteroatoms. The second kappa shape index (κ2) is 5.98. The molecule has 18 heavy (non-hydrogen) atoms. The van der Waals surface area contributed by atoms with Crippen molar-refractivity contribution in [1.29, 1.82) is 0 Å². The third kappa shape index (κ3) is 3.31. The summed E-state index contributed by atoms with van der Waals surface area (Å²) in [5.41, 5.74) is 0.813. The summed E-state index contributed by atoms with van der Waals surface area (Å²) in [5.74, 6) is -0.0826. The number of ether oxygens (including phenoxy) is 2. The molecule has 2 atom stereocenters. The molecule has 0 saturated carbocycles. The summed E-state index contributed by atoms with van der Waals surface area (Å²) < 4.78 is 23.8. The van der Waals surface area contributed by atoms with Crippen LogP contribution in [0.2, 0.25) is 0 Å². The van der Waals surface area contributed by atoms with Gasteiger partial charge >= 0.3 is 0 Å². The molecule has 2 rings (SSSR count). The molecular formula is C14H18FNO2. The van der Waals surface area contributed by atoms with Gasteiger partial charge in [-0.15, -0.1) is 0 Å². The largest absolute Gasteiger partial charge is 0.494 e. The maximum absolute atomic E-state index is 13.5. The Kier molecular flexibility index (Phi) is 4.33. The molecule has 0 spiro atoms. The Morgan fingerprint density at radius 1 is 1.44 bits per heavy atom. The zero-order chi connectivity index (χ0) is 13.0. The van der Waals surface area contributed by atoms with Crippen molar-refractivity contribution >= 4 is 6.08 Å². The van der Waals surface area contributed by atoms with Gasteiger partial charge in [0.05, 0.1) is 20.3 Å². The van der Waals surface area contributed by atoms with Gasteiger partial charge in [0.25, 0.3) is 0 Å². The van der Waals surface area contributed by atoms with Crippen LogP contribution in [0.3, 0.4) is 0 Å². The first kappa shape index (κ1) is 13.1. The normalized spacial score (nSPS) is 24.4. The third-order valence-electron chi connectivity index (χ3n) is 2.86. The van der Waals surface area contributed by atoms with E-state index in [0.717, 1.165) is 12.2 Å². The van der Waals surface area contributed by atoms with E-state index < -0.39 is 0 Å². The van der Waals surface area contributed by atoms with Gasteiger partial charge in [0, 0.05) is 12.1 Å². The van der Waals surface area contributed by atoms with Crippen LogP contribution in [0.25, 0.3) is 6.08 Å². The summed E-state index contributed by atoms with van der Waals surface area (Å²) in [5, 5.41) is 3.39. The minimum absolute atomic E-state index is 0.180. The predicted octanol–water partition coefficient (Wildman–Crippen LogP) is 2.22. The Morgan fingerprint density at radius 3 is 2.94 bits per heavy atom. The number of rotatable bonds is 3. The minimum atomic E-state index is -0.346. The van der Waals surface area contributed by atoms with E-state index >= 15 is 0 Å². The number of nitrogens with one attached hydrogen (secondary N) is 1. The fourth-order valence-electron chi connectivity index (χ4n) is 1.96. The van der Waals surface area contributed by atoms with E-state index in [1.54, 1.807) is 6.07 Å². The molecule has 3 nitrogen and oxygen atoms in total. The average Bonchev–Trinajstić information content (AvgIpc) is 2.37. The number of halogens is 1. The monoisotopic (exact) mass is 251 g/mol. The van der Waals surface area contributed by atoms with Crippen LogP contribution < -0.4 is 10.1 Å². The summed E-state index contributed by atoms with van der Waals surface area (Å²) in [7, 11) is 1.46. The summed E-state index contributed by atoms with van der Waals surface area (Å²) >= 11 is 0. The van der Waals surface area contributed by atoms with Crippen LogP contribution >= 0.6 is 0 Å². The third-order valence-corrected chi connectivity index (χ3v) is 2.86. The van der Waals surface area contributed by atoms with Crippen molar-refractivity contribution in [2.75, 3.05) is 20.3 Å². The smallest absolute Gasteiger partial charge is 0.165 e. The Bertz CT molecular complexity index is 434. The SMILES string of the molecule is COc1ccc(/C=C/C2COCC(C)N2)cc1F. The summed E-state index contributed by atoms with van der Waals surface area (Å²) in [6.45, 7) is 3.47. The predicted molar refractivity (Wildman–Crippen MR) is 69.2 cm³/mol. The molecule has 0 bridgehead atoms. The molecule has 1 heterocycles. The van der Waals surface area contributed by atoms with Crippen LogP contribution in [0.15, 0.2) is 24.3 Å². The molecule has 1 aromatic rings. The molecule has 1 aromatic carbocycles. The highest BCUT2D eigenvalue weighted by Crippen LogP contribution is 2.18. The number of hydrogen-bond acceptors (Lipinski definition) is 3. The van der Waals surface area contributed by atoms with Gasteiger partial charge in [0.15, 0.2) is 11.6 Å².